The zero-order chi connectivity index (χ0) is 20.6. The van der Waals surface area contributed by atoms with Gasteiger partial charge >= 0.3 is 0 Å². The zero-order valence-corrected chi connectivity index (χ0v) is 16.6. The highest BCUT2D eigenvalue weighted by molar-refractivity contribution is 6.33. The van der Waals surface area contributed by atoms with Gasteiger partial charge in [0.05, 0.1) is 6.21 Å². The Balaban J connectivity index is 1.58. The maximum absolute atomic E-state index is 6.16. The number of nitrogens with zero attached hydrogens (tertiary/aromatic N) is 4. The number of anilines is 5. The summed E-state index contributed by atoms with van der Waals surface area (Å²) in [6, 6.07) is 26.7. The third-order valence-electron chi connectivity index (χ3n) is 3.97. The van der Waals surface area contributed by atoms with E-state index in [-0.39, 0.29) is 5.95 Å². The Morgan fingerprint density at radius 2 is 1.13 bits per heavy atom. The smallest absolute Gasteiger partial charge is 0.250 e. The summed E-state index contributed by atoms with van der Waals surface area (Å²) in [5, 5.41) is 11.2. The molecule has 0 unspecified atom stereocenters. The molecule has 0 atom stereocenters. The molecule has 30 heavy (non-hydrogen) atoms. The zero-order valence-electron chi connectivity index (χ0n) is 15.8. The fourth-order valence-electron chi connectivity index (χ4n) is 2.58. The van der Waals surface area contributed by atoms with Gasteiger partial charge in [0.2, 0.25) is 17.8 Å². The molecule has 0 saturated carbocycles. The first-order chi connectivity index (χ1) is 14.8. The van der Waals surface area contributed by atoms with Crippen molar-refractivity contribution in [2.24, 2.45) is 5.10 Å². The van der Waals surface area contributed by atoms with E-state index in [2.05, 4.69) is 36.1 Å². The van der Waals surface area contributed by atoms with Gasteiger partial charge in [0, 0.05) is 22.0 Å². The Morgan fingerprint density at radius 1 is 0.633 bits per heavy atom. The van der Waals surface area contributed by atoms with E-state index in [0.29, 0.717) is 16.9 Å². The molecule has 0 aliphatic heterocycles. The molecule has 3 N–H and O–H groups in total. The average molecular weight is 416 g/mol. The number of nitrogens with one attached hydrogen (secondary N) is 3. The number of halogens is 1. The summed E-state index contributed by atoms with van der Waals surface area (Å²) in [5.41, 5.74) is 5.35. The Labute approximate surface area is 178 Å². The Morgan fingerprint density at radius 3 is 1.70 bits per heavy atom. The van der Waals surface area contributed by atoms with Gasteiger partial charge in [-0.2, -0.15) is 20.1 Å². The van der Waals surface area contributed by atoms with Gasteiger partial charge in [-0.05, 0) is 30.3 Å². The van der Waals surface area contributed by atoms with Gasteiger partial charge in [-0.25, -0.2) is 5.43 Å². The van der Waals surface area contributed by atoms with Crippen LogP contribution in [0.15, 0.2) is 90.0 Å². The van der Waals surface area contributed by atoms with Crippen LogP contribution in [0, 0.1) is 0 Å². The predicted molar refractivity (Wildman–Crippen MR) is 122 cm³/mol. The number of benzene rings is 3. The van der Waals surface area contributed by atoms with Crippen molar-refractivity contribution in [1.82, 2.24) is 15.0 Å². The van der Waals surface area contributed by atoms with E-state index >= 15 is 0 Å². The highest BCUT2D eigenvalue weighted by Crippen LogP contribution is 2.18. The molecule has 0 aliphatic rings. The van der Waals surface area contributed by atoms with Crippen LogP contribution in [0.1, 0.15) is 5.56 Å². The molecular weight excluding hydrogens is 398 g/mol. The van der Waals surface area contributed by atoms with Crippen LogP contribution in [0.25, 0.3) is 0 Å². The largest absolute Gasteiger partial charge is 0.324 e. The van der Waals surface area contributed by atoms with E-state index in [1.54, 1.807) is 12.3 Å². The molecule has 4 rings (SSSR count). The Hall–Kier alpha value is -3.97. The van der Waals surface area contributed by atoms with Crippen LogP contribution in [-0.2, 0) is 0 Å². The lowest BCUT2D eigenvalue weighted by Gasteiger charge is -2.10. The Bertz CT molecular complexity index is 1070. The summed E-state index contributed by atoms with van der Waals surface area (Å²) in [7, 11) is 0. The summed E-state index contributed by atoms with van der Waals surface area (Å²) < 4.78 is 0. The molecule has 7 nitrogen and oxygen atoms in total. The second-order valence-electron chi connectivity index (χ2n) is 6.18. The second-order valence-corrected chi connectivity index (χ2v) is 6.59. The third kappa shape index (κ3) is 5.30. The van der Waals surface area contributed by atoms with E-state index in [1.807, 2.05) is 78.9 Å². The first-order valence-corrected chi connectivity index (χ1v) is 9.58. The molecule has 1 aromatic heterocycles. The fraction of sp³-hybridized carbons (Fsp3) is 0. The van der Waals surface area contributed by atoms with Crippen LogP contribution < -0.4 is 16.1 Å². The van der Waals surface area contributed by atoms with E-state index in [9.17, 15) is 0 Å². The fourth-order valence-corrected chi connectivity index (χ4v) is 2.76. The predicted octanol–water partition coefficient (Wildman–Crippen LogP) is 5.46. The van der Waals surface area contributed by atoms with Crippen LogP contribution in [0.4, 0.5) is 29.2 Å². The van der Waals surface area contributed by atoms with Gasteiger partial charge in [0.1, 0.15) is 0 Å². The number of para-hydroxylation sites is 2. The lowest BCUT2D eigenvalue weighted by atomic mass is 10.2. The number of hydrazone groups is 1. The number of hydrogen-bond acceptors (Lipinski definition) is 7. The third-order valence-corrected chi connectivity index (χ3v) is 4.31. The monoisotopic (exact) mass is 415 g/mol. The molecule has 0 fully saturated rings. The molecule has 8 heteroatoms. The minimum Gasteiger partial charge on any atom is -0.324 e. The normalized spacial score (nSPS) is 10.7. The number of hydrogen-bond donors (Lipinski definition) is 3. The summed E-state index contributed by atoms with van der Waals surface area (Å²) in [5.74, 6) is 1.04. The summed E-state index contributed by atoms with van der Waals surface area (Å²) in [4.78, 5) is 13.2. The van der Waals surface area contributed by atoms with Crippen molar-refractivity contribution in [2.45, 2.75) is 0 Å². The Kier molecular flexibility index (Phi) is 6.12. The summed E-state index contributed by atoms with van der Waals surface area (Å²) in [6.07, 6.45) is 1.61. The van der Waals surface area contributed by atoms with Crippen molar-refractivity contribution in [3.63, 3.8) is 0 Å². The van der Waals surface area contributed by atoms with Gasteiger partial charge in [-0.3, -0.25) is 0 Å². The van der Waals surface area contributed by atoms with Gasteiger partial charge < -0.3 is 10.6 Å². The minimum atomic E-state index is 0.283. The van der Waals surface area contributed by atoms with E-state index < -0.39 is 0 Å². The topological polar surface area (TPSA) is 87.1 Å². The maximum Gasteiger partial charge on any atom is 0.250 e. The van der Waals surface area contributed by atoms with Gasteiger partial charge in [0.15, 0.2) is 0 Å². The lowest BCUT2D eigenvalue weighted by molar-refractivity contribution is 1.04. The highest BCUT2D eigenvalue weighted by Gasteiger charge is 2.07. The SMILES string of the molecule is Clc1ccccc1/C=N\Nc1nc(Nc2ccccc2)nc(Nc2ccccc2)n1. The number of aromatic nitrogens is 3. The summed E-state index contributed by atoms with van der Waals surface area (Å²) in [6.45, 7) is 0. The summed E-state index contributed by atoms with van der Waals surface area (Å²) >= 11 is 6.16. The lowest BCUT2D eigenvalue weighted by Crippen LogP contribution is -2.07. The first-order valence-electron chi connectivity index (χ1n) is 9.20. The van der Waals surface area contributed by atoms with Gasteiger partial charge in [0.25, 0.3) is 0 Å². The minimum absolute atomic E-state index is 0.283. The van der Waals surface area contributed by atoms with Gasteiger partial charge in [-0.15, -0.1) is 0 Å². The van der Waals surface area contributed by atoms with Crippen molar-refractivity contribution < 1.29 is 0 Å². The van der Waals surface area contributed by atoms with E-state index in [0.717, 1.165) is 16.9 Å². The molecule has 0 aliphatic carbocycles. The molecule has 3 aromatic carbocycles. The van der Waals surface area contributed by atoms with Crippen LogP contribution in [0.2, 0.25) is 5.02 Å². The molecule has 0 amide bonds. The van der Waals surface area contributed by atoms with Crippen LogP contribution in [0.3, 0.4) is 0 Å². The molecule has 148 valence electrons. The molecule has 0 radical (unpaired) electrons. The molecule has 4 aromatic rings. The van der Waals surface area contributed by atoms with Crippen LogP contribution in [-0.4, -0.2) is 21.2 Å². The molecule has 0 bridgehead atoms. The maximum atomic E-state index is 6.16. The standard InChI is InChI=1S/C22H18ClN7/c23-19-14-8-7-9-16(19)15-24-30-22-28-20(25-17-10-3-1-4-11-17)27-21(29-22)26-18-12-5-2-6-13-18/h1-15H,(H3,25,26,27,28,29,30)/b24-15-. The van der Waals surface area contributed by atoms with Crippen molar-refractivity contribution in [2.75, 3.05) is 16.1 Å². The van der Waals surface area contributed by atoms with E-state index in [1.165, 1.54) is 0 Å². The second kappa shape index (κ2) is 9.49. The highest BCUT2D eigenvalue weighted by atomic mass is 35.5. The molecular formula is C22H18ClN7. The first kappa shape index (κ1) is 19.4. The van der Waals surface area contributed by atoms with Crippen molar-refractivity contribution >= 4 is 47.0 Å². The molecule has 1 heterocycles. The molecule has 0 spiro atoms. The average Bonchev–Trinajstić information content (AvgIpc) is 2.76. The van der Waals surface area contributed by atoms with Crippen molar-refractivity contribution in [1.29, 1.82) is 0 Å². The quantitative estimate of drug-likeness (QED) is 0.274. The van der Waals surface area contributed by atoms with Crippen molar-refractivity contribution in [3.05, 3.63) is 95.5 Å². The van der Waals surface area contributed by atoms with Gasteiger partial charge in [-0.1, -0.05) is 66.2 Å². The van der Waals surface area contributed by atoms with E-state index in [4.69, 9.17) is 11.6 Å². The van der Waals surface area contributed by atoms with Crippen molar-refractivity contribution in [3.8, 4) is 0 Å². The molecule has 0 saturated heterocycles. The van der Waals surface area contributed by atoms with Crippen LogP contribution in [0.5, 0.6) is 0 Å². The number of rotatable bonds is 7. The van der Waals surface area contributed by atoms with Crippen LogP contribution >= 0.6 is 11.6 Å².